The maximum absolute atomic E-state index is 12.5. The summed E-state index contributed by atoms with van der Waals surface area (Å²) in [5.74, 6) is 1.42. The number of hydrogen-bond acceptors (Lipinski definition) is 6. The van der Waals surface area contributed by atoms with Crippen LogP contribution in [-0.2, 0) is 12.8 Å². The van der Waals surface area contributed by atoms with Crippen LogP contribution in [0.5, 0.6) is 0 Å². The highest BCUT2D eigenvalue weighted by atomic mass is 32.1. The fraction of sp³-hybridized carbons (Fsp3) is 0.619. The van der Waals surface area contributed by atoms with Crippen molar-refractivity contribution in [2.24, 2.45) is 11.3 Å². The zero-order valence-corrected chi connectivity index (χ0v) is 19.0. The number of likely N-dealkylation sites (N-methyl/N-ethyl adjacent to an activating group) is 1. The summed E-state index contributed by atoms with van der Waals surface area (Å²) in [5, 5.41) is 8.45. The van der Waals surface area contributed by atoms with Gasteiger partial charge in [-0.1, -0.05) is 20.8 Å². The van der Waals surface area contributed by atoms with Crippen molar-refractivity contribution >= 4 is 33.1 Å². The minimum atomic E-state index is -0.236. The first kappa shape index (κ1) is 20.2. The van der Waals surface area contributed by atoms with Crippen LogP contribution >= 0.6 is 11.3 Å². The molecule has 0 fully saturated rings. The van der Waals surface area contributed by atoms with E-state index in [0.29, 0.717) is 17.9 Å². The van der Waals surface area contributed by atoms with Crippen LogP contribution in [0.25, 0.3) is 15.9 Å². The Kier molecular flexibility index (Phi) is 5.11. The van der Waals surface area contributed by atoms with Gasteiger partial charge in [0.2, 0.25) is 5.82 Å². The van der Waals surface area contributed by atoms with Gasteiger partial charge in [0.25, 0.3) is 5.91 Å². The molecule has 0 aromatic carbocycles. The lowest BCUT2D eigenvalue weighted by molar-refractivity contribution is 0.0941. The Labute approximate surface area is 175 Å². The zero-order chi connectivity index (χ0) is 20.9. The maximum Gasteiger partial charge on any atom is 0.291 e. The number of hydrogen-bond donors (Lipinski definition) is 1. The molecule has 0 saturated carbocycles. The van der Waals surface area contributed by atoms with Crippen LogP contribution in [0.2, 0.25) is 0 Å². The molecule has 3 heterocycles. The molecule has 0 saturated heterocycles. The highest BCUT2D eigenvalue weighted by molar-refractivity contribution is 7.19. The minimum absolute atomic E-state index is 0.212. The average Bonchev–Trinajstić information content (AvgIpc) is 3.21. The number of rotatable bonds is 4. The van der Waals surface area contributed by atoms with Gasteiger partial charge < -0.3 is 10.2 Å². The molecule has 1 aliphatic rings. The summed E-state index contributed by atoms with van der Waals surface area (Å²) in [5.41, 5.74) is 2.42. The first-order valence-corrected chi connectivity index (χ1v) is 11.1. The van der Waals surface area contributed by atoms with Crippen LogP contribution < -0.4 is 5.32 Å². The summed E-state index contributed by atoms with van der Waals surface area (Å²) < 4.78 is 1.73. The molecule has 1 atom stereocenters. The van der Waals surface area contributed by atoms with Crippen molar-refractivity contribution < 1.29 is 4.79 Å². The van der Waals surface area contributed by atoms with E-state index >= 15 is 0 Å². The number of amides is 1. The van der Waals surface area contributed by atoms with Crippen molar-refractivity contribution in [3.05, 3.63) is 22.1 Å². The quantitative estimate of drug-likeness (QED) is 0.710. The Balaban J connectivity index is 1.73. The van der Waals surface area contributed by atoms with Gasteiger partial charge in [-0.2, -0.15) is 4.52 Å². The number of fused-ring (bicyclic) bond motifs is 5. The second-order valence-corrected chi connectivity index (χ2v) is 10.5. The first-order valence-electron chi connectivity index (χ1n) is 10.3. The van der Waals surface area contributed by atoms with Crippen LogP contribution in [-0.4, -0.2) is 57.6 Å². The van der Waals surface area contributed by atoms with Gasteiger partial charge in [-0.05, 0) is 57.2 Å². The number of thiophene rings is 1. The van der Waals surface area contributed by atoms with Crippen LogP contribution in [0.15, 0.2) is 0 Å². The Morgan fingerprint density at radius 1 is 1.31 bits per heavy atom. The molecular weight excluding hydrogens is 384 g/mol. The van der Waals surface area contributed by atoms with E-state index in [-0.39, 0.29) is 11.7 Å². The zero-order valence-electron chi connectivity index (χ0n) is 18.2. The Hall–Kier alpha value is -2.06. The number of carbonyl (C=O) groups excluding carboxylic acids is 1. The Morgan fingerprint density at radius 2 is 2.07 bits per heavy atom. The third kappa shape index (κ3) is 3.75. The topological polar surface area (TPSA) is 75.4 Å². The van der Waals surface area contributed by atoms with E-state index in [1.165, 1.54) is 16.9 Å². The van der Waals surface area contributed by atoms with E-state index in [1.807, 2.05) is 25.9 Å². The largest absolute Gasteiger partial charge is 0.348 e. The fourth-order valence-corrected chi connectivity index (χ4v) is 5.42. The molecule has 8 heteroatoms. The Morgan fingerprint density at radius 3 is 2.76 bits per heavy atom. The molecule has 4 rings (SSSR count). The van der Waals surface area contributed by atoms with Gasteiger partial charge in [0.05, 0.1) is 5.39 Å². The lowest BCUT2D eigenvalue weighted by atomic mass is 9.72. The molecule has 7 nitrogen and oxygen atoms in total. The van der Waals surface area contributed by atoms with Gasteiger partial charge in [-0.3, -0.25) is 4.79 Å². The molecule has 0 unspecified atom stereocenters. The van der Waals surface area contributed by atoms with Crippen molar-refractivity contribution in [3.63, 3.8) is 0 Å². The van der Waals surface area contributed by atoms with Crippen molar-refractivity contribution in [3.8, 4) is 0 Å². The molecule has 1 aliphatic carbocycles. The van der Waals surface area contributed by atoms with Crippen molar-refractivity contribution in [2.45, 2.75) is 47.0 Å². The average molecular weight is 415 g/mol. The van der Waals surface area contributed by atoms with Crippen molar-refractivity contribution in [2.75, 3.05) is 27.2 Å². The molecule has 3 aromatic rings. The van der Waals surface area contributed by atoms with Crippen LogP contribution in [0.4, 0.5) is 0 Å². The molecule has 3 aromatic heterocycles. The number of aromatic nitrogens is 4. The van der Waals surface area contributed by atoms with E-state index in [9.17, 15) is 4.79 Å². The number of nitrogens with zero attached hydrogens (tertiary/aromatic N) is 5. The van der Waals surface area contributed by atoms with E-state index in [0.717, 1.165) is 41.1 Å². The van der Waals surface area contributed by atoms with Gasteiger partial charge in [0.1, 0.15) is 10.7 Å². The Bertz CT molecular complexity index is 1070. The standard InChI is InChI=1S/C21H30N6OS/c1-12-23-20-16(14-8-7-13(21(2,3)4)11-15(14)29-20)18-24-17(25-27(12)18)19(28)22-9-10-26(5)6/h13H,7-11H2,1-6H3,(H,22,28)/t13-/m0/s1. The predicted molar refractivity (Wildman–Crippen MR) is 117 cm³/mol. The van der Waals surface area contributed by atoms with Gasteiger partial charge in [0, 0.05) is 18.0 Å². The van der Waals surface area contributed by atoms with Crippen LogP contribution in [0.1, 0.15) is 54.1 Å². The maximum atomic E-state index is 12.5. The SMILES string of the molecule is Cc1nc2sc3c(c2c2nc(C(=O)NCCN(C)C)nn12)CC[C@H](C(C)(C)C)C3. The molecule has 0 radical (unpaired) electrons. The van der Waals surface area contributed by atoms with Gasteiger partial charge in [-0.25, -0.2) is 9.97 Å². The highest BCUT2D eigenvalue weighted by Crippen LogP contribution is 2.43. The lowest BCUT2D eigenvalue weighted by Gasteiger charge is -2.33. The second kappa shape index (κ2) is 7.32. The van der Waals surface area contributed by atoms with Crippen molar-refractivity contribution in [1.29, 1.82) is 0 Å². The third-order valence-corrected chi connectivity index (χ3v) is 7.07. The fourth-order valence-electron chi connectivity index (χ4n) is 4.08. The van der Waals surface area contributed by atoms with E-state index in [1.54, 1.807) is 15.9 Å². The number of nitrogens with one attached hydrogen (secondary N) is 1. The van der Waals surface area contributed by atoms with E-state index in [2.05, 4.69) is 36.2 Å². The van der Waals surface area contributed by atoms with Crippen molar-refractivity contribution in [1.82, 2.24) is 29.8 Å². The smallest absolute Gasteiger partial charge is 0.291 e. The molecule has 29 heavy (non-hydrogen) atoms. The molecule has 1 N–H and O–H groups in total. The summed E-state index contributed by atoms with van der Waals surface area (Å²) in [6, 6.07) is 0. The summed E-state index contributed by atoms with van der Waals surface area (Å²) in [6.07, 6.45) is 3.31. The normalized spacial score (nSPS) is 17.3. The van der Waals surface area contributed by atoms with Crippen LogP contribution in [0.3, 0.4) is 0 Å². The summed E-state index contributed by atoms with van der Waals surface area (Å²) in [6.45, 7) is 10.3. The number of carbonyl (C=O) groups is 1. The van der Waals surface area contributed by atoms with E-state index in [4.69, 9.17) is 4.98 Å². The predicted octanol–water partition coefficient (Wildman–Crippen LogP) is 3.09. The number of aryl methyl sites for hydroxylation is 2. The van der Waals surface area contributed by atoms with Gasteiger partial charge >= 0.3 is 0 Å². The molecule has 156 valence electrons. The summed E-state index contributed by atoms with van der Waals surface area (Å²) in [4.78, 5) is 26.4. The molecule has 0 bridgehead atoms. The molecular formula is C21H30N6OS. The monoisotopic (exact) mass is 414 g/mol. The minimum Gasteiger partial charge on any atom is -0.348 e. The van der Waals surface area contributed by atoms with Gasteiger partial charge in [0.15, 0.2) is 5.65 Å². The van der Waals surface area contributed by atoms with Gasteiger partial charge in [-0.15, -0.1) is 16.4 Å². The summed E-state index contributed by atoms with van der Waals surface area (Å²) >= 11 is 1.79. The first-order chi connectivity index (χ1) is 13.6. The van der Waals surface area contributed by atoms with Crippen LogP contribution in [0, 0.1) is 18.3 Å². The third-order valence-electron chi connectivity index (χ3n) is 5.92. The summed E-state index contributed by atoms with van der Waals surface area (Å²) in [7, 11) is 3.95. The second-order valence-electron chi connectivity index (χ2n) is 9.38. The molecule has 1 amide bonds. The molecule has 0 aliphatic heterocycles. The van der Waals surface area contributed by atoms with E-state index < -0.39 is 0 Å². The lowest BCUT2D eigenvalue weighted by Crippen LogP contribution is -2.32. The molecule has 0 spiro atoms. The highest BCUT2D eigenvalue weighted by Gasteiger charge is 2.32.